The fourth-order valence-corrected chi connectivity index (χ4v) is 1.74. The number of rotatable bonds is 4. The molecule has 0 saturated carbocycles. The van der Waals surface area contributed by atoms with Crippen LogP contribution in [0.25, 0.3) is 0 Å². The first-order valence-electron chi connectivity index (χ1n) is 5.95. The summed E-state index contributed by atoms with van der Waals surface area (Å²) in [5, 5.41) is 0. The van der Waals surface area contributed by atoms with E-state index in [0.29, 0.717) is 0 Å². The number of benzene rings is 1. The third-order valence-electron chi connectivity index (χ3n) is 3.06. The van der Waals surface area contributed by atoms with Crippen LogP contribution in [0.15, 0.2) is 24.3 Å². The van der Waals surface area contributed by atoms with E-state index in [1.807, 2.05) is 19.1 Å². The topological polar surface area (TPSA) is 52.3 Å². The average Bonchev–Trinajstić information content (AvgIpc) is 2.28. The van der Waals surface area contributed by atoms with Gasteiger partial charge >= 0.3 is 5.97 Å². The van der Waals surface area contributed by atoms with Crippen LogP contribution in [0.2, 0.25) is 0 Å². The Bertz CT molecular complexity index is 388. The predicted octanol–water partition coefficient (Wildman–Crippen LogP) is 2.38. The van der Waals surface area contributed by atoms with Gasteiger partial charge in [-0.15, -0.1) is 0 Å². The van der Waals surface area contributed by atoms with Crippen LogP contribution in [0.1, 0.15) is 37.8 Å². The van der Waals surface area contributed by atoms with E-state index in [2.05, 4.69) is 26.0 Å². The van der Waals surface area contributed by atoms with Gasteiger partial charge in [-0.25, -0.2) is 0 Å². The molecule has 1 aromatic carbocycles. The van der Waals surface area contributed by atoms with Crippen molar-refractivity contribution >= 4 is 5.97 Å². The average molecular weight is 235 g/mol. The lowest BCUT2D eigenvalue weighted by molar-refractivity contribution is -0.150. The van der Waals surface area contributed by atoms with Gasteiger partial charge in [0.25, 0.3) is 0 Å². The number of ether oxygens (including phenoxy) is 1. The van der Waals surface area contributed by atoms with Gasteiger partial charge in [0.15, 0.2) is 0 Å². The molecule has 1 aromatic rings. The standard InChI is InChI=1S/C14H21NO2/c1-9-7-5-6-8-13(9)10(2)12(4)17-14(16)11(3)15/h5-8,10-12H,15H2,1-4H3/t10-,11-,12-/m0/s1. The molecule has 0 heterocycles. The molecule has 0 amide bonds. The zero-order valence-corrected chi connectivity index (χ0v) is 10.9. The SMILES string of the molecule is Cc1ccccc1[C@@H](C)[C@H](C)OC(=O)[C@H](C)N. The molecule has 0 saturated heterocycles. The minimum absolute atomic E-state index is 0.166. The van der Waals surface area contributed by atoms with Crippen molar-refractivity contribution in [3.63, 3.8) is 0 Å². The van der Waals surface area contributed by atoms with Crippen molar-refractivity contribution in [3.05, 3.63) is 35.4 Å². The Kier molecular flexibility index (Phi) is 4.70. The Morgan fingerprint density at radius 3 is 2.35 bits per heavy atom. The van der Waals surface area contributed by atoms with Crippen LogP contribution in [0.3, 0.4) is 0 Å². The van der Waals surface area contributed by atoms with Crippen LogP contribution in [-0.2, 0) is 9.53 Å². The highest BCUT2D eigenvalue weighted by Crippen LogP contribution is 2.24. The molecule has 17 heavy (non-hydrogen) atoms. The number of carbonyl (C=O) groups excluding carboxylic acids is 1. The molecular weight excluding hydrogens is 214 g/mol. The zero-order chi connectivity index (χ0) is 13.0. The smallest absolute Gasteiger partial charge is 0.322 e. The van der Waals surface area contributed by atoms with Crippen LogP contribution in [0.4, 0.5) is 0 Å². The molecule has 0 unspecified atom stereocenters. The molecule has 0 aliphatic carbocycles. The van der Waals surface area contributed by atoms with E-state index < -0.39 is 6.04 Å². The van der Waals surface area contributed by atoms with Gasteiger partial charge in [0.05, 0.1) is 0 Å². The number of esters is 1. The maximum atomic E-state index is 11.4. The van der Waals surface area contributed by atoms with Crippen molar-refractivity contribution in [2.75, 3.05) is 0 Å². The first-order chi connectivity index (χ1) is 7.93. The second kappa shape index (κ2) is 5.82. The molecule has 3 heteroatoms. The van der Waals surface area contributed by atoms with Crippen molar-refractivity contribution in [3.8, 4) is 0 Å². The second-order valence-corrected chi connectivity index (χ2v) is 4.58. The maximum Gasteiger partial charge on any atom is 0.322 e. The number of hydrogen-bond donors (Lipinski definition) is 1. The molecule has 0 aliphatic heterocycles. The highest BCUT2D eigenvalue weighted by Gasteiger charge is 2.21. The Morgan fingerprint density at radius 2 is 1.82 bits per heavy atom. The third-order valence-corrected chi connectivity index (χ3v) is 3.06. The molecule has 0 aromatic heterocycles. The summed E-state index contributed by atoms with van der Waals surface area (Å²) in [4.78, 5) is 11.4. The lowest BCUT2D eigenvalue weighted by Gasteiger charge is -2.23. The highest BCUT2D eigenvalue weighted by atomic mass is 16.5. The van der Waals surface area contributed by atoms with Gasteiger partial charge in [-0.3, -0.25) is 4.79 Å². The summed E-state index contributed by atoms with van der Waals surface area (Å²) in [5.74, 6) is -0.183. The summed E-state index contributed by atoms with van der Waals surface area (Å²) in [6.07, 6.45) is -0.172. The fraction of sp³-hybridized carbons (Fsp3) is 0.500. The van der Waals surface area contributed by atoms with E-state index in [1.54, 1.807) is 6.92 Å². The summed E-state index contributed by atoms with van der Waals surface area (Å²) in [6, 6.07) is 7.56. The molecule has 2 N–H and O–H groups in total. The number of hydrogen-bond acceptors (Lipinski definition) is 3. The Morgan fingerprint density at radius 1 is 1.24 bits per heavy atom. The Hall–Kier alpha value is -1.35. The van der Waals surface area contributed by atoms with Crippen molar-refractivity contribution in [2.24, 2.45) is 5.73 Å². The second-order valence-electron chi connectivity index (χ2n) is 4.58. The molecule has 1 rings (SSSR count). The Labute approximate surface area is 103 Å². The molecule has 0 spiro atoms. The van der Waals surface area contributed by atoms with Crippen molar-refractivity contribution in [2.45, 2.75) is 45.8 Å². The van der Waals surface area contributed by atoms with Crippen molar-refractivity contribution in [1.29, 1.82) is 0 Å². The molecular formula is C14H21NO2. The number of carbonyl (C=O) groups is 1. The van der Waals surface area contributed by atoms with Crippen molar-refractivity contribution < 1.29 is 9.53 Å². The molecule has 3 nitrogen and oxygen atoms in total. The molecule has 0 bridgehead atoms. The summed E-state index contributed by atoms with van der Waals surface area (Å²) >= 11 is 0. The first kappa shape index (κ1) is 13.7. The van der Waals surface area contributed by atoms with Crippen LogP contribution < -0.4 is 5.73 Å². The fourth-order valence-electron chi connectivity index (χ4n) is 1.74. The van der Waals surface area contributed by atoms with Gasteiger partial charge in [0.1, 0.15) is 12.1 Å². The Balaban J connectivity index is 2.73. The third kappa shape index (κ3) is 3.56. The lowest BCUT2D eigenvalue weighted by atomic mass is 9.92. The quantitative estimate of drug-likeness (QED) is 0.815. The minimum Gasteiger partial charge on any atom is -0.461 e. The van der Waals surface area contributed by atoms with Gasteiger partial charge in [-0.05, 0) is 31.9 Å². The normalized spacial score (nSPS) is 16.1. The van der Waals surface area contributed by atoms with Crippen LogP contribution in [-0.4, -0.2) is 18.1 Å². The van der Waals surface area contributed by atoms with Gasteiger partial charge in [-0.2, -0.15) is 0 Å². The zero-order valence-electron chi connectivity index (χ0n) is 10.9. The first-order valence-corrected chi connectivity index (χ1v) is 5.95. The summed E-state index contributed by atoms with van der Waals surface area (Å²) < 4.78 is 5.32. The largest absolute Gasteiger partial charge is 0.461 e. The van der Waals surface area contributed by atoms with Crippen LogP contribution >= 0.6 is 0 Å². The van der Waals surface area contributed by atoms with Crippen molar-refractivity contribution in [1.82, 2.24) is 0 Å². The van der Waals surface area contributed by atoms with Crippen LogP contribution in [0, 0.1) is 6.92 Å². The summed E-state index contributed by atoms with van der Waals surface area (Å²) in [5.41, 5.74) is 7.90. The predicted molar refractivity (Wildman–Crippen MR) is 68.8 cm³/mol. The van der Waals surface area contributed by atoms with Gasteiger partial charge < -0.3 is 10.5 Å². The van der Waals surface area contributed by atoms with Crippen LogP contribution in [0.5, 0.6) is 0 Å². The molecule has 0 radical (unpaired) electrons. The van der Waals surface area contributed by atoms with E-state index in [1.165, 1.54) is 11.1 Å². The molecule has 0 aliphatic rings. The van der Waals surface area contributed by atoms with Gasteiger partial charge in [-0.1, -0.05) is 31.2 Å². The maximum absolute atomic E-state index is 11.4. The van der Waals surface area contributed by atoms with Gasteiger partial charge in [0, 0.05) is 5.92 Å². The number of nitrogens with two attached hydrogens (primary N) is 1. The summed E-state index contributed by atoms with van der Waals surface area (Å²) in [7, 11) is 0. The molecule has 3 atom stereocenters. The van der Waals surface area contributed by atoms with E-state index in [4.69, 9.17) is 10.5 Å². The van der Waals surface area contributed by atoms with Gasteiger partial charge in [0.2, 0.25) is 0 Å². The molecule has 0 fully saturated rings. The highest BCUT2D eigenvalue weighted by molar-refractivity contribution is 5.75. The van der Waals surface area contributed by atoms with E-state index in [-0.39, 0.29) is 18.0 Å². The number of aryl methyl sites for hydroxylation is 1. The minimum atomic E-state index is -0.568. The monoisotopic (exact) mass is 235 g/mol. The summed E-state index contributed by atoms with van der Waals surface area (Å²) in [6.45, 7) is 7.65. The van der Waals surface area contributed by atoms with E-state index in [9.17, 15) is 4.79 Å². The van der Waals surface area contributed by atoms with E-state index >= 15 is 0 Å². The van der Waals surface area contributed by atoms with E-state index in [0.717, 1.165) is 0 Å². The molecule has 94 valence electrons. The lowest BCUT2D eigenvalue weighted by Crippen LogP contribution is -2.33.